The smallest absolute Gasteiger partial charge is 0.228 e. The number of carbonyl (C=O) groups is 1. The molecule has 102 valence electrons. The van der Waals surface area contributed by atoms with E-state index in [-0.39, 0.29) is 11.9 Å². The Morgan fingerprint density at radius 1 is 1.37 bits per heavy atom. The Bertz CT molecular complexity index is 481. The maximum absolute atomic E-state index is 12.1. The molecule has 2 atom stereocenters. The first-order chi connectivity index (χ1) is 9.15. The molecule has 1 aromatic rings. The lowest BCUT2D eigenvalue weighted by Gasteiger charge is -2.33. The Kier molecular flexibility index (Phi) is 3.31. The number of benzene rings is 1. The number of para-hydroxylation sites is 1. The molecular weight excluding hydrogens is 236 g/mol. The van der Waals surface area contributed by atoms with Gasteiger partial charge in [-0.15, -0.1) is 0 Å². The van der Waals surface area contributed by atoms with E-state index in [1.807, 2.05) is 19.2 Å². The van der Waals surface area contributed by atoms with Gasteiger partial charge < -0.3 is 10.2 Å². The first-order valence-corrected chi connectivity index (χ1v) is 7.26. The molecule has 3 heteroatoms. The van der Waals surface area contributed by atoms with Gasteiger partial charge in [-0.2, -0.15) is 0 Å². The number of fused-ring (bicyclic) bond motifs is 1. The Balaban J connectivity index is 1.77. The summed E-state index contributed by atoms with van der Waals surface area (Å²) < 4.78 is 0. The predicted molar refractivity (Wildman–Crippen MR) is 77.1 cm³/mol. The summed E-state index contributed by atoms with van der Waals surface area (Å²) in [6.07, 6.45) is 4.58. The summed E-state index contributed by atoms with van der Waals surface area (Å²) in [6, 6.07) is 8.89. The number of hydrogen-bond donors (Lipinski definition) is 1. The van der Waals surface area contributed by atoms with Gasteiger partial charge in [-0.1, -0.05) is 31.0 Å². The average Bonchev–Trinajstić information content (AvgIpc) is 3.19. The van der Waals surface area contributed by atoms with Crippen LogP contribution < -0.4 is 10.2 Å². The molecule has 0 bridgehead atoms. The van der Waals surface area contributed by atoms with Crippen molar-refractivity contribution in [2.75, 3.05) is 11.9 Å². The van der Waals surface area contributed by atoms with Crippen LogP contribution in [-0.2, 0) is 4.79 Å². The van der Waals surface area contributed by atoms with Crippen molar-refractivity contribution < 1.29 is 4.79 Å². The van der Waals surface area contributed by atoms with Gasteiger partial charge in [0.2, 0.25) is 5.91 Å². The number of amides is 1. The average molecular weight is 258 g/mol. The van der Waals surface area contributed by atoms with E-state index in [0.29, 0.717) is 12.5 Å². The molecule has 1 fully saturated rings. The Morgan fingerprint density at radius 3 is 2.84 bits per heavy atom. The fraction of sp³-hybridized carbons (Fsp3) is 0.562. The topological polar surface area (TPSA) is 32.3 Å². The van der Waals surface area contributed by atoms with Crippen LogP contribution in [0.4, 0.5) is 5.69 Å². The van der Waals surface area contributed by atoms with Gasteiger partial charge in [0.15, 0.2) is 0 Å². The van der Waals surface area contributed by atoms with Crippen LogP contribution in [0.1, 0.15) is 44.2 Å². The highest BCUT2D eigenvalue weighted by atomic mass is 16.2. The van der Waals surface area contributed by atoms with E-state index in [1.165, 1.54) is 24.8 Å². The Hall–Kier alpha value is -1.35. The monoisotopic (exact) mass is 258 g/mol. The van der Waals surface area contributed by atoms with Crippen LogP contribution >= 0.6 is 0 Å². The second-order valence-electron chi connectivity index (χ2n) is 6.02. The molecule has 0 spiro atoms. The molecule has 0 radical (unpaired) electrons. The fourth-order valence-electron chi connectivity index (χ4n) is 3.06. The first kappa shape index (κ1) is 12.7. The summed E-state index contributed by atoms with van der Waals surface area (Å²) >= 11 is 0. The predicted octanol–water partition coefficient (Wildman–Crippen LogP) is 2.87. The number of hydrogen-bond acceptors (Lipinski definition) is 2. The molecule has 2 aliphatic rings. The van der Waals surface area contributed by atoms with Crippen LogP contribution in [-0.4, -0.2) is 19.0 Å². The molecule has 0 saturated heterocycles. The van der Waals surface area contributed by atoms with E-state index >= 15 is 0 Å². The van der Waals surface area contributed by atoms with Crippen molar-refractivity contribution in [3.8, 4) is 0 Å². The second-order valence-corrected chi connectivity index (χ2v) is 6.02. The largest absolute Gasteiger partial charge is 0.315 e. The molecule has 1 aromatic carbocycles. The molecule has 0 aromatic heterocycles. The van der Waals surface area contributed by atoms with E-state index < -0.39 is 0 Å². The summed E-state index contributed by atoms with van der Waals surface area (Å²) in [4.78, 5) is 13.8. The van der Waals surface area contributed by atoms with Crippen molar-refractivity contribution in [1.29, 1.82) is 0 Å². The van der Waals surface area contributed by atoms with Crippen molar-refractivity contribution >= 4 is 11.6 Å². The highest BCUT2D eigenvalue weighted by Gasteiger charge is 2.31. The maximum atomic E-state index is 12.1. The van der Waals surface area contributed by atoms with E-state index in [1.54, 1.807) is 4.90 Å². The van der Waals surface area contributed by atoms with Crippen LogP contribution in [0, 0.1) is 5.92 Å². The van der Waals surface area contributed by atoms with Gasteiger partial charge in [-0.25, -0.2) is 0 Å². The molecule has 1 N–H and O–H groups in total. The number of carbonyl (C=O) groups excluding carboxylic acids is 1. The lowest BCUT2D eigenvalue weighted by Crippen LogP contribution is -2.40. The molecule has 1 heterocycles. The minimum absolute atomic E-state index is 0.175. The summed E-state index contributed by atoms with van der Waals surface area (Å²) in [5, 5.41) is 3.65. The molecule has 1 amide bonds. The normalized spacial score (nSPS) is 24.2. The van der Waals surface area contributed by atoms with Crippen LogP contribution in [0.2, 0.25) is 0 Å². The summed E-state index contributed by atoms with van der Waals surface area (Å²) in [7, 11) is 1.87. The highest BCUT2D eigenvalue weighted by Crippen LogP contribution is 2.36. The summed E-state index contributed by atoms with van der Waals surface area (Å²) in [5.74, 6) is 1.12. The number of anilines is 1. The first-order valence-electron chi connectivity index (χ1n) is 7.26. The zero-order valence-electron chi connectivity index (χ0n) is 11.7. The lowest BCUT2D eigenvalue weighted by molar-refractivity contribution is -0.119. The highest BCUT2D eigenvalue weighted by molar-refractivity contribution is 5.96. The Labute approximate surface area is 115 Å². The third kappa shape index (κ3) is 2.66. The quantitative estimate of drug-likeness (QED) is 0.900. The van der Waals surface area contributed by atoms with Gasteiger partial charge in [0, 0.05) is 31.2 Å². The van der Waals surface area contributed by atoms with Crippen LogP contribution in [0.15, 0.2) is 24.3 Å². The molecule has 3 rings (SSSR count). The van der Waals surface area contributed by atoms with Crippen LogP contribution in [0.25, 0.3) is 0 Å². The fourth-order valence-corrected chi connectivity index (χ4v) is 3.06. The van der Waals surface area contributed by atoms with Gasteiger partial charge >= 0.3 is 0 Å². The van der Waals surface area contributed by atoms with Crippen molar-refractivity contribution in [2.24, 2.45) is 5.92 Å². The molecule has 1 aliphatic heterocycles. The zero-order chi connectivity index (χ0) is 13.4. The lowest BCUT2D eigenvalue weighted by atomic mass is 9.95. The SMILES string of the molecule is CC(CC1CC1)NC1CC(=O)N(C)c2ccccc21. The van der Waals surface area contributed by atoms with E-state index in [2.05, 4.69) is 24.4 Å². The van der Waals surface area contributed by atoms with Crippen molar-refractivity contribution in [3.63, 3.8) is 0 Å². The van der Waals surface area contributed by atoms with E-state index in [4.69, 9.17) is 0 Å². The van der Waals surface area contributed by atoms with E-state index in [0.717, 1.165) is 11.6 Å². The van der Waals surface area contributed by atoms with Crippen molar-refractivity contribution in [3.05, 3.63) is 29.8 Å². The minimum Gasteiger partial charge on any atom is -0.315 e. The van der Waals surface area contributed by atoms with Gasteiger partial charge in [0.1, 0.15) is 0 Å². The maximum Gasteiger partial charge on any atom is 0.228 e. The summed E-state index contributed by atoms with van der Waals surface area (Å²) in [6.45, 7) is 2.24. The standard InChI is InChI=1S/C16H22N2O/c1-11(9-12-7-8-12)17-14-10-16(19)18(2)15-6-4-3-5-13(14)15/h3-6,11-12,14,17H,7-10H2,1-2H3. The summed E-state index contributed by atoms with van der Waals surface area (Å²) in [5.41, 5.74) is 2.31. The molecular formula is C16H22N2O. The Morgan fingerprint density at radius 2 is 2.11 bits per heavy atom. The van der Waals surface area contributed by atoms with Crippen molar-refractivity contribution in [1.82, 2.24) is 5.32 Å². The van der Waals surface area contributed by atoms with Gasteiger partial charge in [0.05, 0.1) is 0 Å². The van der Waals surface area contributed by atoms with Crippen LogP contribution in [0.3, 0.4) is 0 Å². The van der Waals surface area contributed by atoms with Gasteiger partial charge in [-0.3, -0.25) is 4.79 Å². The molecule has 2 unspecified atom stereocenters. The van der Waals surface area contributed by atoms with Gasteiger partial charge in [-0.05, 0) is 30.9 Å². The van der Waals surface area contributed by atoms with Crippen molar-refractivity contribution in [2.45, 2.75) is 44.7 Å². The molecule has 1 saturated carbocycles. The number of rotatable bonds is 4. The van der Waals surface area contributed by atoms with E-state index in [9.17, 15) is 4.79 Å². The molecule has 1 aliphatic carbocycles. The molecule has 3 nitrogen and oxygen atoms in total. The third-order valence-corrected chi connectivity index (χ3v) is 4.30. The zero-order valence-corrected chi connectivity index (χ0v) is 11.7. The number of nitrogens with zero attached hydrogens (tertiary/aromatic N) is 1. The third-order valence-electron chi connectivity index (χ3n) is 4.30. The molecule has 19 heavy (non-hydrogen) atoms. The van der Waals surface area contributed by atoms with Gasteiger partial charge in [0.25, 0.3) is 0 Å². The van der Waals surface area contributed by atoms with Crippen LogP contribution in [0.5, 0.6) is 0 Å². The second kappa shape index (κ2) is 4.97. The minimum atomic E-state index is 0.175. The number of nitrogens with one attached hydrogen (secondary N) is 1.